The molecule has 1 fully saturated rings. The van der Waals surface area contributed by atoms with E-state index in [-0.39, 0.29) is 17.6 Å². The number of hydrogen-bond acceptors (Lipinski definition) is 3. The van der Waals surface area contributed by atoms with Crippen molar-refractivity contribution in [3.63, 3.8) is 0 Å². The van der Waals surface area contributed by atoms with Crippen LogP contribution in [-0.4, -0.2) is 24.8 Å². The van der Waals surface area contributed by atoms with Crippen molar-refractivity contribution in [1.82, 2.24) is 0 Å². The molecule has 0 radical (unpaired) electrons. The lowest BCUT2D eigenvalue weighted by molar-refractivity contribution is -0.151. The summed E-state index contributed by atoms with van der Waals surface area (Å²) in [7, 11) is 1.76. The molecule has 0 aromatic rings. The minimum Gasteiger partial charge on any atom is -0.378 e. The molecule has 0 aromatic carbocycles. The van der Waals surface area contributed by atoms with Crippen LogP contribution in [-0.2, 0) is 9.47 Å². The molecule has 0 N–H and O–H groups in total. The lowest BCUT2D eigenvalue weighted by atomic mass is 9.85. The Bertz CT molecular complexity index is 161. The number of thiol groups is 1. The molecule has 0 aliphatic carbocycles. The van der Waals surface area contributed by atoms with E-state index in [9.17, 15) is 0 Å². The van der Waals surface area contributed by atoms with Crippen LogP contribution in [0.25, 0.3) is 0 Å². The van der Waals surface area contributed by atoms with E-state index >= 15 is 0 Å². The molecule has 1 heterocycles. The lowest BCUT2D eigenvalue weighted by Crippen LogP contribution is -2.48. The maximum Gasteiger partial charge on any atom is 0.103 e. The van der Waals surface area contributed by atoms with Gasteiger partial charge in [-0.05, 0) is 18.3 Å². The molecular weight excluding hydrogens is 184 g/mol. The van der Waals surface area contributed by atoms with Crippen molar-refractivity contribution >= 4 is 12.6 Å². The minimum atomic E-state index is 0.0614. The largest absolute Gasteiger partial charge is 0.378 e. The first-order valence-corrected chi connectivity index (χ1v) is 5.49. The van der Waals surface area contributed by atoms with E-state index in [2.05, 4.69) is 33.4 Å². The van der Waals surface area contributed by atoms with E-state index in [1.807, 2.05) is 0 Å². The molecule has 1 aliphatic heterocycles. The van der Waals surface area contributed by atoms with Crippen LogP contribution in [0.5, 0.6) is 0 Å². The van der Waals surface area contributed by atoms with Crippen molar-refractivity contribution in [3.05, 3.63) is 0 Å². The van der Waals surface area contributed by atoms with Gasteiger partial charge in [0, 0.05) is 7.11 Å². The molecule has 0 spiro atoms. The molecule has 1 saturated heterocycles. The van der Waals surface area contributed by atoms with Gasteiger partial charge in [0.1, 0.15) is 5.44 Å². The quantitative estimate of drug-likeness (QED) is 0.696. The molecule has 5 atom stereocenters. The summed E-state index contributed by atoms with van der Waals surface area (Å²) in [6.45, 7) is 6.51. The second-order valence-electron chi connectivity index (χ2n) is 3.89. The highest BCUT2D eigenvalue weighted by atomic mass is 32.1. The molecule has 0 aromatic heterocycles. The average Bonchev–Trinajstić information content (AvgIpc) is 2.13. The zero-order chi connectivity index (χ0) is 10.0. The van der Waals surface area contributed by atoms with Gasteiger partial charge in [-0.2, -0.15) is 0 Å². The van der Waals surface area contributed by atoms with Gasteiger partial charge in [0.05, 0.1) is 12.2 Å². The molecule has 2 nitrogen and oxygen atoms in total. The fourth-order valence-corrected chi connectivity index (χ4v) is 2.40. The summed E-state index contributed by atoms with van der Waals surface area (Å²) < 4.78 is 11.2. The van der Waals surface area contributed by atoms with E-state index in [1.165, 1.54) is 0 Å². The lowest BCUT2D eigenvalue weighted by Gasteiger charge is -2.42. The van der Waals surface area contributed by atoms with Gasteiger partial charge in [-0.1, -0.05) is 20.8 Å². The van der Waals surface area contributed by atoms with Crippen molar-refractivity contribution in [2.24, 2.45) is 11.8 Å². The highest BCUT2D eigenvalue weighted by molar-refractivity contribution is 7.80. The van der Waals surface area contributed by atoms with Crippen LogP contribution in [0.2, 0.25) is 0 Å². The van der Waals surface area contributed by atoms with Crippen molar-refractivity contribution in [2.45, 2.75) is 44.8 Å². The summed E-state index contributed by atoms with van der Waals surface area (Å²) in [6.07, 6.45) is 1.43. The van der Waals surface area contributed by atoms with Gasteiger partial charge in [0.25, 0.3) is 0 Å². The van der Waals surface area contributed by atoms with E-state index in [0.29, 0.717) is 11.8 Å². The van der Waals surface area contributed by atoms with Crippen LogP contribution < -0.4 is 0 Å². The van der Waals surface area contributed by atoms with E-state index in [1.54, 1.807) is 7.11 Å². The molecule has 0 bridgehead atoms. The molecule has 1 rings (SSSR count). The molecule has 3 heteroatoms. The Hall–Kier alpha value is 0.270. The maximum atomic E-state index is 5.76. The monoisotopic (exact) mass is 204 g/mol. The van der Waals surface area contributed by atoms with Crippen molar-refractivity contribution < 1.29 is 9.47 Å². The smallest absolute Gasteiger partial charge is 0.103 e. The topological polar surface area (TPSA) is 18.5 Å². The van der Waals surface area contributed by atoms with Crippen LogP contribution in [0.4, 0.5) is 0 Å². The third kappa shape index (κ3) is 2.20. The van der Waals surface area contributed by atoms with E-state index in [4.69, 9.17) is 9.47 Å². The Kier molecular flexibility index (Phi) is 4.07. The summed E-state index contributed by atoms with van der Waals surface area (Å²) in [5.41, 5.74) is 0.0614. The fourth-order valence-electron chi connectivity index (χ4n) is 1.97. The SMILES string of the molecule is CCC1OC(S)C(C)C(C)C1OC. The van der Waals surface area contributed by atoms with Crippen molar-refractivity contribution in [1.29, 1.82) is 0 Å². The van der Waals surface area contributed by atoms with Crippen LogP contribution in [0.1, 0.15) is 27.2 Å². The Labute approximate surface area is 86.4 Å². The number of rotatable bonds is 2. The van der Waals surface area contributed by atoms with Crippen molar-refractivity contribution in [3.8, 4) is 0 Å². The average molecular weight is 204 g/mol. The molecule has 13 heavy (non-hydrogen) atoms. The summed E-state index contributed by atoms with van der Waals surface area (Å²) in [4.78, 5) is 0. The molecule has 1 aliphatic rings. The Morgan fingerprint density at radius 3 is 2.38 bits per heavy atom. The first-order valence-electron chi connectivity index (χ1n) is 4.98. The zero-order valence-corrected chi connectivity index (χ0v) is 9.75. The normalized spacial score (nSPS) is 46.4. The predicted octanol–water partition coefficient (Wildman–Crippen LogP) is 2.34. The Morgan fingerprint density at radius 2 is 1.92 bits per heavy atom. The predicted molar refractivity (Wildman–Crippen MR) is 57.1 cm³/mol. The highest BCUT2D eigenvalue weighted by Crippen LogP contribution is 2.34. The summed E-state index contributed by atoms with van der Waals surface area (Å²) in [5, 5.41) is 0. The minimum absolute atomic E-state index is 0.0614. The Balaban J connectivity index is 2.69. The maximum absolute atomic E-state index is 5.76. The first-order chi connectivity index (χ1) is 6.11. The molecular formula is C10H20O2S. The zero-order valence-electron chi connectivity index (χ0n) is 8.86. The third-order valence-electron chi connectivity index (χ3n) is 3.15. The van der Waals surface area contributed by atoms with E-state index < -0.39 is 0 Å². The summed E-state index contributed by atoms with van der Waals surface area (Å²) in [6, 6.07) is 0. The number of methoxy groups -OCH3 is 1. The second-order valence-corrected chi connectivity index (χ2v) is 4.40. The summed E-state index contributed by atoms with van der Waals surface area (Å²) >= 11 is 4.43. The van der Waals surface area contributed by atoms with E-state index in [0.717, 1.165) is 6.42 Å². The van der Waals surface area contributed by atoms with Crippen LogP contribution in [0.3, 0.4) is 0 Å². The molecule has 5 unspecified atom stereocenters. The standard InChI is InChI=1S/C10H20O2S/c1-5-8-9(11-4)6(2)7(3)10(13)12-8/h6-10,13H,5H2,1-4H3. The number of ether oxygens (including phenoxy) is 2. The van der Waals surface area contributed by atoms with Crippen molar-refractivity contribution in [2.75, 3.05) is 7.11 Å². The fraction of sp³-hybridized carbons (Fsp3) is 1.00. The van der Waals surface area contributed by atoms with Crippen LogP contribution in [0.15, 0.2) is 0 Å². The first kappa shape index (κ1) is 11.3. The second kappa shape index (κ2) is 4.67. The van der Waals surface area contributed by atoms with Gasteiger partial charge in [-0.3, -0.25) is 0 Å². The highest BCUT2D eigenvalue weighted by Gasteiger charge is 2.39. The Morgan fingerprint density at radius 1 is 1.31 bits per heavy atom. The molecule has 0 saturated carbocycles. The van der Waals surface area contributed by atoms with Crippen LogP contribution in [0, 0.1) is 11.8 Å². The molecule has 78 valence electrons. The van der Waals surface area contributed by atoms with Crippen LogP contribution >= 0.6 is 12.6 Å². The van der Waals surface area contributed by atoms with Gasteiger partial charge in [0.2, 0.25) is 0 Å². The van der Waals surface area contributed by atoms with Gasteiger partial charge < -0.3 is 9.47 Å². The molecule has 0 amide bonds. The summed E-state index contributed by atoms with van der Waals surface area (Å²) in [5.74, 6) is 0.974. The number of hydrogen-bond donors (Lipinski definition) is 1. The van der Waals surface area contributed by atoms with Gasteiger partial charge >= 0.3 is 0 Å². The third-order valence-corrected chi connectivity index (χ3v) is 3.74. The van der Waals surface area contributed by atoms with Gasteiger partial charge in [-0.25, -0.2) is 0 Å². The van der Waals surface area contributed by atoms with Gasteiger partial charge in [-0.15, -0.1) is 12.6 Å². The van der Waals surface area contributed by atoms with Gasteiger partial charge in [0.15, 0.2) is 0 Å².